The quantitative estimate of drug-likeness (QED) is 0.712. The maximum absolute atomic E-state index is 4.22. The summed E-state index contributed by atoms with van der Waals surface area (Å²) in [4.78, 5) is 7.37. The van der Waals surface area contributed by atoms with Crippen LogP contribution in [0.25, 0.3) is 11.0 Å². The lowest BCUT2D eigenvalue weighted by molar-refractivity contribution is 1.35. The Bertz CT molecular complexity index is 392. The zero-order valence-corrected chi connectivity index (χ0v) is 7.64. The molecule has 0 saturated heterocycles. The van der Waals surface area contributed by atoms with Gasteiger partial charge in [-0.1, -0.05) is 0 Å². The van der Waals surface area contributed by atoms with Gasteiger partial charge in [-0.2, -0.15) is 0 Å². The van der Waals surface area contributed by atoms with Gasteiger partial charge in [0.05, 0.1) is 9.99 Å². The highest BCUT2D eigenvalue weighted by molar-refractivity contribution is 9.10. The summed E-state index contributed by atoms with van der Waals surface area (Å²) in [5.74, 6) is 0. The van der Waals surface area contributed by atoms with Crippen molar-refractivity contribution in [3.63, 3.8) is 0 Å². The lowest BCUT2D eigenvalue weighted by Gasteiger charge is -1.92. The van der Waals surface area contributed by atoms with Crippen LogP contribution >= 0.6 is 15.9 Å². The Labute approximate surface area is 72.8 Å². The first kappa shape index (κ1) is 6.85. The van der Waals surface area contributed by atoms with Gasteiger partial charge in [-0.3, -0.25) is 4.98 Å². The Balaban J connectivity index is 2.94. The number of pyridine rings is 1. The van der Waals surface area contributed by atoms with Crippen LogP contribution in [0.2, 0.25) is 0 Å². The first-order valence-corrected chi connectivity index (χ1v) is 4.16. The number of fused-ring (bicyclic) bond motifs is 1. The van der Waals surface area contributed by atoms with Crippen molar-refractivity contribution < 1.29 is 0 Å². The summed E-state index contributed by atoms with van der Waals surface area (Å²) >= 11 is 3.41. The van der Waals surface area contributed by atoms with Gasteiger partial charge in [-0.05, 0) is 34.5 Å². The molecule has 56 valence electrons. The molecule has 2 nitrogen and oxygen atoms in total. The maximum Gasteiger partial charge on any atom is 0.102 e. The van der Waals surface area contributed by atoms with E-state index in [1.807, 2.05) is 18.5 Å². The number of aromatic amines is 1. The summed E-state index contributed by atoms with van der Waals surface area (Å²) in [6.45, 7) is 2.06. The van der Waals surface area contributed by atoms with Crippen molar-refractivity contribution in [2.45, 2.75) is 6.92 Å². The van der Waals surface area contributed by atoms with Crippen molar-refractivity contribution in [2.75, 3.05) is 0 Å². The lowest BCUT2D eigenvalue weighted by atomic mass is 10.2. The van der Waals surface area contributed by atoms with Gasteiger partial charge in [0, 0.05) is 12.4 Å². The van der Waals surface area contributed by atoms with Crippen molar-refractivity contribution in [1.82, 2.24) is 9.97 Å². The lowest BCUT2D eigenvalue weighted by Crippen LogP contribution is -1.78. The second kappa shape index (κ2) is 2.34. The fourth-order valence-electron chi connectivity index (χ4n) is 1.13. The summed E-state index contributed by atoms with van der Waals surface area (Å²) in [6, 6.07) is 1.99. The second-order valence-electron chi connectivity index (χ2n) is 2.49. The van der Waals surface area contributed by atoms with Crippen LogP contribution in [-0.2, 0) is 0 Å². The highest BCUT2D eigenvalue weighted by Gasteiger charge is 2.02. The van der Waals surface area contributed by atoms with Crippen molar-refractivity contribution in [1.29, 1.82) is 0 Å². The summed E-state index contributed by atoms with van der Waals surface area (Å²) in [5.41, 5.74) is 3.34. The van der Waals surface area contributed by atoms with Gasteiger partial charge in [0.2, 0.25) is 0 Å². The smallest absolute Gasteiger partial charge is 0.102 e. The number of halogens is 1. The topological polar surface area (TPSA) is 28.7 Å². The number of H-pyrrole nitrogens is 1. The van der Waals surface area contributed by atoms with Gasteiger partial charge < -0.3 is 4.98 Å². The number of hydrogen-bond acceptors (Lipinski definition) is 1. The molecule has 0 unspecified atom stereocenters. The normalized spacial score (nSPS) is 10.7. The molecule has 1 N–H and O–H groups in total. The predicted octanol–water partition coefficient (Wildman–Crippen LogP) is 2.63. The minimum atomic E-state index is 1.00. The Morgan fingerprint density at radius 2 is 2.36 bits per heavy atom. The molecule has 0 spiro atoms. The number of aromatic nitrogens is 2. The third-order valence-electron chi connectivity index (χ3n) is 1.73. The molecule has 2 aromatic rings. The minimum Gasteiger partial charge on any atom is -0.359 e. The zero-order valence-electron chi connectivity index (χ0n) is 6.06. The molecule has 0 aliphatic rings. The molecule has 3 heteroatoms. The van der Waals surface area contributed by atoms with Crippen molar-refractivity contribution in [3.8, 4) is 0 Å². The van der Waals surface area contributed by atoms with E-state index >= 15 is 0 Å². The second-order valence-corrected chi connectivity index (χ2v) is 3.34. The molecule has 11 heavy (non-hydrogen) atoms. The standard InChI is InChI=1S/C8H7BrN2/c1-5-2-3-10-8-6(9)4-11-7(5)8/h2-4,11H,1H3. The third kappa shape index (κ3) is 0.959. The molecule has 0 fully saturated rings. The highest BCUT2D eigenvalue weighted by atomic mass is 79.9. The van der Waals surface area contributed by atoms with E-state index in [9.17, 15) is 0 Å². The number of nitrogens with one attached hydrogen (secondary N) is 1. The van der Waals surface area contributed by atoms with Gasteiger partial charge >= 0.3 is 0 Å². The Morgan fingerprint density at radius 3 is 3.09 bits per heavy atom. The van der Waals surface area contributed by atoms with E-state index in [0.29, 0.717) is 0 Å². The van der Waals surface area contributed by atoms with Gasteiger partial charge in [0.15, 0.2) is 0 Å². The highest BCUT2D eigenvalue weighted by Crippen LogP contribution is 2.22. The van der Waals surface area contributed by atoms with E-state index < -0.39 is 0 Å². The Hall–Kier alpha value is -0.830. The fourth-order valence-corrected chi connectivity index (χ4v) is 1.54. The van der Waals surface area contributed by atoms with Crippen LogP contribution in [0.5, 0.6) is 0 Å². The summed E-state index contributed by atoms with van der Waals surface area (Å²) < 4.78 is 1.02. The SMILES string of the molecule is Cc1ccnc2c(Br)c[nH]c12. The average molecular weight is 211 g/mol. The van der Waals surface area contributed by atoms with Crippen molar-refractivity contribution in [2.24, 2.45) is 0 Å². The van der Waals surface area contributed by atoms with Crippen LogP contribution in [0.1, 0.15) is 5.56 Å². The monoisotopic (exact) mass is 210 g/mol. The van der Waals surface area contributed by atoms with E-state index in [4.69, 9.17) is 0 Å². The van der Waals surface area contributed by atoms with Crippen LogP contribution in [0.3, 0.4) is 0 Å². The molecule has 0 amide bonds. The predicted molar refractivity (Wildman–Crippen MR) is 48.5 cm³/mol. The fraction of sp³-hybridized carbons (Fsp3) is 0.125. The van der Waals surface area contributed by atoms with E-state index in [2.05, 4.69) is 32.8 Å². The minimum absolute atomic E-state index is 1.00. The van der Waals surface area contributed by atoms with Crippen molar-refractivity contribution >= 4 is 27.0 Å². The molecule has 0 aliphatic heterocycles. The number of rotatable bonds is 0. The van der Waals surface area contributed by atoms with Gasteiger partial charge in [-0.25, -0.2) is 0 Å². The zero-order chi connectivity index (χ0) is 7.84. The Morgan fingerprint density at radius 1 is 1.55 bits per heavy atom. The van der Waals surface area contributed by atoms with E-state index in [1.165, 1.54) is 5.56 Å². The van der Waals surface area contributed by atoms with Gasteiger partial charge in [0.1, 0.15) is 5.52 Å². The van der Waals surface area contributed by atoms with Crippen LogP contribution in [0.4, 0.5) is 0 Å². The number of hydrogen-bond donors (Lipinski definition) is 1. The first-order chi connectivity index (χ1) is 5.29. The van der Waals surface area contributed by atoms with Crippen LogP contribution in [0, 0.1) is 6.92 Å². The molecule has 0 radical (unpaired) electrons. The third-order valence-corrected chi connectivity index (χ3v) is 2.33. The van der Waals surface area contributed by atoms with E-state index in [-0.39, 0.29) is 0 Å². The maximum atomic E-state index is 4.22. The largest absolute Gasteiger partial charge is 0.359 e. The molecular formula is C8H7BrN2. The van der Waals surface area contributed by atoms with E-state index in [0.717, 1.165) is 15.5 Å². The molecule has 0 aliphatic carbocycles. The molecule has 2 heterocycles. The van der Waals surface area contributed by atoms with Crippen LogP contribution in [-0.4, -0.2) is 9.97 Å². The van der Waals surface area contributed by atoms with Crippen molar-refractivity contribution in [3.05, 3.63) is 28.5 Å². The molecule has 0 aromatic carbocycles. The summed E-state index contributed by atoms with van der Waals surface area (Å²) in [6.07, 6.45) is 3.72. The molecule has 0 saturated carbocycles. The van der Waals surface area contributed by atoms with E-state index in [1.54, 1.807) is 0 Å². The average Bonchev–Trinajstić information content (AvgIpc) is 2.35. The van der Waals surface area contributed by atoms with Gasteiger partial charge in [-0.15, -0.1) is 0 Å². The molecular weight excluding hydrogens is 204 g/mol. The molecule has 2 rings (SSSR count). The number of nitrogens with zero attached hydrogens (tertiary/aromatic N) is 1. The number of aryl methyl sites for hydroxylation is 1. The van der Waals surface area contributed by atoms with Gasteiger partial charge in [0.25, 0.3) is 0 Å². The first-order valence-electron chi connectivity index (χ1n) is 3.37. The van der Waals surface area contributed by atoms with Crippen LogP contribution in [0.15, 0.2) is 22.9 Å². The Kier molecular flexibility index (Phi) is 1.46. The van der Waals surface area contributed by atoms with Crippen LogP contribution < -0.4 is 0 Å². The molecule has 0 bridgehead atoms. The molecule has 0 atom stereocenters. The summed E-state index contributed by atoms with van der Waals surface area (Å²) in [7, 11) is 0. The molecule has 2 aromatic heterocycles. The summed E-state index contributed by atoms with van der Waals surface area (Å²) in [5, 5.41) is 0.